The molecule has 5 rings (SSSR count). The van der Waals surface area contributed by atoms with Gasteiger partial charge < -0.3 is 15.0 Å². The van der Waals surface area contributed by atoms with Gasteiger partial charge in [-0.1, -0.05) is 41.6 Å². The highest BCUT2D eigenvalue weighted by atomic mass is 19.4. The summed E-state index contributed by atoms with van der Waals surface area (Å²) in [4.78, 5) is 8.78. The van der Waals surface area contributed by atoms with Gasteiger partial charge in [0.1, 0.15) is 11.7 Å². The van der Waals surface area contributed by atoms with Crippen molar-refractivity contribution in [1.82, 2.24) is 25.0 Å². The maximum Gasteiger partial charge on any atom is 0.416 e. The molecule has 2 heterocycles. The van der Waals surface area contributed by atoms with Crippen LogP contribution in [0.5, 0.6) is 0 Å². The van der Waals surface area contributed by atoms with E-state index in [1.807, 2.05) is 36.4 Å². The largest absolute Gasteiger partial charge is 0.416 e. The van der Waals surface area contributed by atoms with Crippen molar-refractivity contribution in [1.29, 1.82) is 0 Å². The second-order valence-electron chi connectivity index (χ2n) is 8.07. The molecule has 0 amide bonds. The molecule has 1 unspecified atom stereocenters. The van der Waals surface area contributed by atoms with Gasteiger partial charge in [0.05, 0.1) is 29.6 Å². The number of hydrogen-bond acceptors (Lipinski definition) is 5. The van der Waals surface area contributed by atoms with Crippen molar-refractivity contribution in [3.8, 4) is 11.3 Å². The molecule has 178 valence electrons. The number of aromatic nitrogens is 5. The molecule has 5 aromatic rings. The fourth-order valence-corrected chi connectivity index (χ4v) is 3.96. The molecule has 2 aromatic heterocycles. The Balaban J connectivity index is 1.47. The van der Waals surface area contributed by atoms with Crippen LogP contribution in [0.2, 0.25) is 0 Å². The molecular weight excluding hydrogens is 457 g/mol. The summed E-state index contributed by atoms with van der Waals surface area (Å²) in [5, 5.41) is 19.5. The fraction of sp³-hybridized carbons (Fsp3) is 0.160. The molecule has 0 spiro atoms. The lowest BCUT2D eigenvalue weighted by Crippen LogP contribution is -2.38. The van der Waals surface area contributed by atoms with E-state index in [-0.39, 0.29) is 13.1 Å². The molecule has 10 heteroatoms. The number of para-hydroxylation sites is 1. The third kappa shape index (κ3) is 4.87. The van der Waals surface area contributed by atoms with Gasteiger partial charge in [0.2, 0.25) is 0 Å². The lowest BCUT2D eigenvalue weighted by Gasteiger charge is -2.30. The SMILES string of the molecule is OC(Cn1nnc2ccccc21)N(Cc1cccc(C(F)(F)F)c1)c1ccc(-c2c[nH]cn2)cc1. The molecule has 0 aliphatic carbocycles. The highest BCUT2D eigenvalue weighted by molar-refractivity contribution is 5.73. The summed E-state index contributed by atoms with van der Waals surface area (Å²) in [6.45, 7) is 0.125. The fourth-order valence-electron chi connectivity index (χ4n) is 3.96. The smallest absolute Gasteiger partial charge is 0.372 e. The van der Waals surface area contributed by atoms with Crippen LogP contribution in [0.15, 0.2) is 85.3 Å². The molecule has 1 atom stereocenters. The summed E-state index contributed by atoms with van der Waals surface area (Å²) >= 11 is 0. The third-order valence-corrected chi connectivity index (χ3v) is 5.72. The van der Waals surface area contributed by atoms with Gasteiger partial charge in [-0.05, 0) is 42.0 Å². The normalized spacial score (nSPS) is 12.7. The zero-order valence-corrected chi connectivity index (χ0v) is 18.4. The van der Waals surface area contributed by atoms with Crippen molar-refractivity contribution >= 4 is 16.7 Å². The number of imidazole rings is 1. The third-order valence-electron chi connectivity index (χ3n) is 5.72. The van der Waals surface area contributed by atoms with Crippen LogP contribution in [0.1, 0.15) is 11.1 Å². The van der Waals surface area contributed by atoms with Crippen molar-refractivity contribution in [2.75, 3.05) is 4.90 Å². The number of hydrogen-bond donors (Lipinski definition) is 2. The maximum atomic E-state index is 13.3. The number of alkyl halides is 3. The molecule has 0 fully saturated rings. The second kappa shape index (κ2) is 9.22. The van der Waals surface area contributed by atoms with E-state index in [0.717, 1.165) is 28.9 Å². The van der Waals surface area contributed by atoms with Gasteiger partial charge >= 0.3 is 6.18 Å². The van der Waals surface area contributed by atoms with Gasteiger partial charge in [0.25, 0.3) is 0 Å². The zero-order chi connectivity index (χ0) is 24.4. The van der Waals surface area contributed by atoms with Crippen molar-refractivity contribution in [2.24, 2.45) is 0 Å². The van der Waals surface area contributed by atoms with Crippen molar-refractivity contribution in [2.45, 2.75) is 25.5 Å². The standard InChI is InChI=1S/C25H21F3N6O/c26-25(27,28)19-5-3-4-17(12-19)14-33(20-10-8-18(9-11-20)22-13-29-16-30-22)24(35)15-34-23-7-2-1-6-21(23)31-32-34/h1-13,16,24,35H,14-15H2,(H,29,30). The molecule has 0 bridgehead atoms. The number of aromatic amines is 1. The Labute approximate surface area is 198 Å². The van der Waals surface area contributed by atoms with E-state index in [4.69, 9.17) is 0 Å². The van der Waals surface area contributed by atoms with Gasteiger partial charge in [-0.3, -0.25) is 0 Å². The van der Waals surface area contributed by atoms with Crippen LogP contribution in [0.25, 0.3) is 22.3 Å². The van der Waals surface area contributed by atoms with Crippen LogP contribution in [-0.2, 0) is 19.3 Å². The van der Waals surface area contributed by atoms with Crippen LogP contribution in [0, 0.1) is 0 Å². The molecule has 0 aliphatic rings. The molecule has 2 N–H and O–H groups in total. The molecule has 0 radical (unpaired) electrons. The Morgan fingerprint density at radius 3 is 2.54 bits per heavy atom. The zero-order valence-electron chi connectivity index (χ0n) is 18.4. The minimum absolute atomic E-state index is 0.0550. The van der Waals surface area contributed by atoms with Crippen LogP contribution in [0.3, 0.4) is 0 Å². The summed E-state index contributed by atoms with van der Waals surface area (Å²) in [7, 11) is 0. The Morgan fingerprint density at radius 2 is 1.80 bits per heavy atom. The molecule has 0 saturated carbocycles. The average molecular weight is 478 g/mol. The van der Waals surface area contributed by atoms with Crippen LogP contribution < -0.4 is 4.90 Å². The minimum Gasteiger partial charge on any atom is -0.372 e. The number of fused-ring (bicyclic) bond motifs is 1. The molecule has 35 heavy (non-hydrogen) atoms. The summed E-state index contributed by atoms with van der Waals surface area (Å²) in [5.41, 5.74) is 3.38. The Hall–Kier alpha value is -4.18. The predicted molar refractivity (Wildman–Crippen MR) is 125 cm³/mol. The van der Waals surface area contributed by atoms with Gasteiger partial charge in [0, 0.05) is 24.0 Å². The molecule has 0 aliphatic heterocycles. The van der Waals surface area contributed by atoms with Gasteiger partial charge in [-0.25, -0.2) is 9.67 Å². The Morgan fingerprint density at radius 1 is 1.00 bits per heavy atom. The first-order chi connectivity index (χ1) is 16.9. The monoisotopic (exact) mass is 478 g/mol. The summed E-state index contributed by atoms with van der Waals surface area (Å²) in [6, 6.07) is 19.8. The van der Waals surface area contributed by atoms with E-state index >= 15 is 0 Å². The van der Waals surface area contributed by atoms with E-state index in [9.17, 15) is 18.3 Å². The number of halogens is 3. The number of nitrogens with one attached hydrogen (secondary N) is 1. The van der Waals surface area contributed by atoms with Crippen LogP contribution in [-0.4, -0.2) is 36.3 Å². The van der Waals surface area contributed by atoms with Crippen LogP contribution in [0.4, 0.5) is 18.9 Å². The van der Waals surface area contributed by atoms with Crippen molar-refractivity contribution < 1.29 is 18.3 Å². The quantitative estimate of drug-likeness (QED) is 0.326. The molecule has 0 saturated heterocycles. The first-order valence-corrected chi connectivity index (χ1v) is 10.9. The maximum absolute atomic E-state index is 13.3. The number of H-pyrrole nitrogens is 1. The lowest BCUT2D eigenvalue weighted by molar-refractivity contribution is -0.137. The summed E-state index contributed by atoms with van der Waals surface area (Å²) in [5.74, 6) is 0. The Bertz CT molecular complexity index is 1410. The second-order valence-corrected chi connectivity index (χ2v) is 8.07. The first kappa shape index (κ1) is 22.6. The molecular formula is C25H21F3N6O. The number of aliphatic hydroxyl groups excluding tert-OH is 1. The first-order valence-electron chi connectivity index (χ1n) is 10.9. The van der Waals surface area contributed by atoms with E-state index in [1.54, 1.807) is 40.3 Å². The number of aliphatic hydroxyl groups is 1. The summed E-state index contributed by atoms with van der Waals surface area (Å²) in [6.07, 6.45) is -2.20. The lowest BCUT2D eigenvalue weighted by atomic mass is 10.1. The predicted octanol–water partition coefficient (Wildman–Crippen LogP) is 4.87. The van der Waals surface area contributed by atoms with E-state index in [2.05, 4.69) is 20.3 Å². The minimum atomic E-state index is -4.45. The number of benzene rings is 3. The highest BCUT2D eigenvalue weighted by Gasteiger charge is 2.30. The van der Waals surface area contributed by atoms with Gasteiger partial charge in [-0.15, -0.1) is 5.10 Å². The molecule has 3 aromatic carbocycles. The topological polar surface area (TPSA) is 82.9 Å². The molecule has 7 nitrogen and oxygen atoms in total. The van der Waals surface area contributed by atoms with Gasteiger partial charge in [-0.2, -0.15) is 13.2 Å². The van der Waals surface area contributed by atoms with E-state index in [1.165, 1.54) is 6.07 Å². The average Bonchev–Trinajstić information content (AvgIpc) is 3.53. The van der Waals surface area contributed by atoms with Crippen molar-refractivity contribution in [3.63, 3.8) is 0 Å². The highest BCUT2D eigenvalue weighted by Crippen LogP contribution is 2.31. The van der Waals surface area contributed by atoms with Crippen LogP contribution >= 0.6 is 0 Å². The van der Waals surface area contributed by atoms with Gasteiger partial charge in [0.15, 0.2) is 0 Å². The van der Waals surface area contributed by atoms with E-state index in [0.29, 0.717) is 16.8 Å². The summed E-state index contributed by atoms with van der Waals surface area (Å²) < 4.78 is 41.4. The Kier molecular flexibility index (Phi) is 5.96. The van der Waals surface area contributed by atoms with E-state index < -0.39 is 18.0 Å². The number of anilines is 1. The number of rotatable bonds is 7. The number of nitrogens with zero attached hydrogens (tertiary/aromatic N) is 5. The van der Waals surface area contributed by atoms with Crippen molar-refractivity contribution in [3.05, 3.63) is 96.4 Å².